The first-order valence-corrected chi connectivity index (χ1v) is 13.9. The second-order valence-corrected chi connectivity index (χ2v) is 10.9. The highest BCUT2D eigenvalue weighted by Gasteiger charge is 2.26. The Labute approximate surface area is 234 Å². The lowest BCUT2D eigenvalue weighted by molar-refractivity contribution is 1.18. The van der Waals surface area contributed by atoms with Gasteiger partial charge in [0.25, 0.3) is 0 Å². The summed E-state index contributed by atoms with van der Waals surface area (Å²) in [6, 6.07) is 35.1. The van der Waals surface area contributed by atoms with Crippen LogP contribution in [0.25, 0.3) is 77.1 Å². The number of para-hydroxylation sites is 2. The largest absolute Gasteiger partial charge is 0.309 e. The molecule has 0 unspecified atom stereocenters. The Morgan fingerprint density at radius 1 is 0.610 bits per heavy atom. The molecule has 41 heavy (non-hydrogen) atoms. The van der Waals surface area contributed by atoms with Crippen molar-refractivity contribution in [2.75, 3.05) is 0 Å². The van der Waals surface area contributed by atoms with Gasteiger partial charge < -0.3 is 4.57 Å². The Kier molecular flexibility index (Phi) is 3.92. The number of pyridine rings is 3. The van der Waals surface area contributed by atoms with Crippen molar-refractivity contribution in [3.05, 3.63) is 127 Å². The summed E-state index contributed by atoms with van der Waals surface area (Å²) < 4.78 is 4.62. The molecule has 5 heterocycles. The molecule has 5 heteroatoms. The van der Waals surface area contributed by atoms with Crippen LogP contribution in [0.5, 0.6) is 0 Å². The molecule has 0 spiro atoms. The Hall–Kier alpha value is -5.55. The number of rotatable bonds is 1. The van der Waals surface area contributed by atoms with E-state index >= 15 is 0 Å². The van der Waals surface area contributed by atoms with Crippen LogP contribution in [-0.2, 0) is 6.42 Å². The van der Waals surface area contributed by atoms with Crippen molar-refractivity contribution in [3.8, 4) is 16.8 Å². The lowest BCUT2D eigenvalue weighted by atomic mass is 9.96. The molecule has 0 saturated carbocycles. The average Bonchev–Trinajstić information content (AvgIpc) is 3.70. The molecule has 0 amide bonds. The highest BCUT2D eigenvalue weighted by atomic mass is 15.1. The van der Waals surface area contributed by atoms with Gasteiger partial charge in [0, 0.05) is 39.6 Å². The van der Waals surface area contributed by atoms with E-state index in [9.17, 15) is 0 Å². The summed E-state index contributed by atoms with van der Waals surface area (Å²) in [4.78, 5) is 14.1. The molecule has 4 aromatic carbocycles. The predicted octanol–water partition coefficient (Wildman–Crippen LogP) is 8.25. The van der Waals surface area contributed by atoms with Gasteiger partial charge in [0.1, 0.15) is 5.65 Å². The van der Waals surface area contributed by atoms with Crippen LogP contribution in [0.15, 0.2) is 116 Å². The van der Waals surface area contributed by atoms with E-state index in [1.165, 1.54) is 60.5 Å². The maximum Gasteiger partial charge on any atom is 0.178 e. The normalized spacial score (nSPS) is 12.8. The lowest BCUT2D eigenvalue weighted by Crippen LogP contribution is -1.94. The first-order valence-electron chi connectivity index (χ1n) is 13.9. The first-order chi connectivity index (χ1) is 20.3. The SMILES string of the molecule is c1ccc(-n2c3ccccc3c3c4c(ccc32)Cc2cc3c(cc2-4)c2ccncc2n2c4cccnc4nc32)cc1. The smallest absolute Gasteiger partial charge is 0.178 e. The predicted molar refractivity (Wildman–Crippen MR) is 166 cm³/mol. The van der Waals surface area contributed by atoms with Crippen LogP contribution in [-0.4, -0.2) is 23.9 Å². The third kappa shape index (κ3) is 2.68. The number of imidazole rings is 1. The quantitative estimate of drug-likeness (QED) is 0.204. The first kappa shape index (κ1) is 21.3. The number of hydrogen-bond acceptors (Lipinski definition) is 3. The van der Waals surface area contributed by atoms with Gasteiger partial charge in [-0.15, -0.1) is 0 Å². The van der Waals surface area contributed by atoms with Crippen LogP contribution in [0, 0.1) is 0 Å². The average molecular weight is 524 g/mol. The van der Waals surface area contributed by atoms with Crippen molar-refractivity contribution in [1.82, 2.24) is 23.9 Å². The molecule has 0 fully saturated rings. The lowest BCUT2D eigenvalue weighted by Gasteiger charge is -2.12. The monoisotopic (exact) mass is 523 g/mol. The van der Waals surface area contributed by atoms with Crippen molar-refractivity contribution in [2.24, 2.45) is 0 Å². The molecule has 0 saturated heterocycles. The Balaban J connectivity index is 1.36. The fraction of sp³-hybridized carbons (Fsp3) is 0.0278. The number of fused-ring (bicyclic) bond motifs is 15. The topological polar surface area (TPSA) is 48.0 Å². The molecule has 5 aromatic heterocycles. The zero-order valence-corrected chi connectivity index (χ0v) is 21.9. The second-order valence-electron chi connectivity index (χ2n) is 10.9. The van der Waals surface area contributed by atoms with Gasteiger partial charge in [0.05, 0.1) is 28.3 Å². The maximum atomic E-state index is 5.02. The molecule has 0 radical (unpaired) electrons. The minimum atomic E-state index is 0.754. The van der Waals surface area contributed by atoms with Gasteiger partial charge >= 0.3 is 0 Å². The van der Waals surface area contributed by atoms with Crippen molar-refractivity contribution in [1.29, 1.82) is 0 Å². The standard InChI is InChI=1S/C36H21N5/c1-2-7-23(8-3-1)40-29-10-5-4-9-25(29)34-30(40)13-12-21-17-22-18-28-27(19-26(22)33(21)34)24-14-16-37-20-32(24)41-31-11-6-15-38-35(31)39-36(28)41/h1-16,18-20H,17H2. The van der Waals surface area contributed by atoms with E-state index < -0.39 is 0 Å². The molecule has 1 aliphatic rings. The number of hydrogen-bond donors (Lipinski definition) is 0. The van der Waals surface area contributed by atoms with E-state index in [0.717, 1.165) is 34.1 Å². The van der Waals surface area contributed by atoms with E-state index in [0.29, 0.717) is 0 Å². The third-order valence-corrected chi connectivity index (χ3v) is 8.84. The number of nitrogens with zero attached hydrogens (tertiary/aromatic N) is 5. The van der Waals surface area contributed by atoms with E-state index in [-0.39, 0.29) is 0 Å². The van der Waals surface area contributed by atoms with Crippen LogP contribution in [0.2, 0.25) is 0 Å². The zero-order chi connectivity index (χ0) is 26.7. The molecule has 0 aliphatic heterocycles. The van der Waals surface area contributed by atoms with Gasteiger partial charge in [-0.05, 0) is 88.7 Å². The van der Waals surface area contributed by atoms with Gasteiger partial charge in [-0.2, -0.15) is 0 Å². The van der Waals surface area contributed by atoms with Crippen LogP contribution in [0.1, 0.15) is 11.1 Å². The fourth-order valence-electron chi connectivity index (χ4n) is 7.18. The van der Waals surface area contributed by atoms with E-state index in [1.807, 2.05) is 24.7 Å². The fourth-order valence-corrected chi connectivity index (χ4v) is 7.18. The summed E-state index contributed by atoms with van der Waals surface area (Å²) in [6.07, 6.45) is 6.55. The molecule has 190 valence electrons. The number of benzene rings is 4. The summed E-state index contributed by atoms with van der Waals surface area (Å²) in [6.45, 7) is 0. The van der Waals surface area contributed by atoms with Crippen LogP contribution >= 0.6 is 0 Å². The minimum absolute atomic E-state index is 0.754. The third-order valence-electron chi connectivity index (χ3n) is 8.84. The summed E-state index contributed by atoms with van der Waals surface area (Å²) in [5, 5.41) is 6.12. The van der Waals surface area contributed by atoms with Gasteiger partial charge in [-0.25, -0.2) is 9.97 Å². The Morgan fingerprint density at radius 3 is 2.44 bits per heavy atom. The molecule has 1 aliphatic carbocycles. The summed E-state index contributed by atoms with van der Waals surface area (Å²) in [5.74, 6) is 0. The Morgan fingerprint density at radius 2 is 1.49 bits per heavy atom. The van der Waals surface area contributed by atoms with Gasteiger partial charge in [-0.3, -0.25) is 9.38 Å². The van der Waals surface area contributed by atoms with Crippen LogP contribution in [0.3, 0.4) is 0 Å². The van der Waals surface area contributed by atoms with Crippen molar-refractivity contribution in [3.63, 3.8) is 0 Å². The van der Waals surface area contributed by atoms with Crippen LogP contribution in [0.4, 0.5) is 0 Å². The molecule has 0 N–H and O–H groups in total. The second kappa shape index (κ2) is 7.55. The van der Waals surface area contributed by atoms with Crippen molar-refractivity contribution >= 4 is 60.3 Å². The molecule has 0 atom stereocenters. The van der Waals surface area contributed by atoms with Gasteiger partial charge in [0.15, 0.2) is 5.65 Å². The summed E-state index contributed by atoms with van der Waals surface area (Å²) in [5.41, 5.74) is 12.7. The zero-order valence-electron chi connectivity index (χ0n) is 21.9. The van der Waals surface area contributed by atoms with Gasteiger partial charge in [-0.1, -0.05) is 42.5 Å². The van der Waals surface area contributed by atoms with Crippen molar-refractivity contribution < 1.29 is 0 Å². The van der Waals surface area contributed by atoms with E-state index in [2.05, 4.69) is 110 Å². The molecular weight excluding hydrogens is 502 g/mol. The summed E-state index contributed by atoms with van der Waals surface area (Å²) >= 11 is 0. The molecule has 5 nitrogen and oxygen atoms in total. The molecule has 0 bridgehead atoms. The number of aromatic nitrogens is 5. The highest BCUT2D eigenvalue weighted by molar-refractivity contribution is 6.20. The summed E-state index contributed by atoms with van der Waals surface area (Å²) in [7, 11) is 0. The molecule has 10 rings (SSSR count). The molecule has 9 aromatic rings. The van der Waals surface area contributed by atoms with E-state index in [1.54, 1.807) is 0 Å². The van der Waals surface area contributed by atoms with Crippen molar-refractivity contribution in [2.45, 2.75) is 6.42 Å². The van der Waals surface area contributed by atoms with Gasteiger partial charge in [0.2, 0.25) is 0 Å². The molecular formula is C36H21N5. The highest BCUT2D eigenvalue weighted by Crippen LogP contribution is 2.48. The van der Waals surface area contributed by atoms with E-state index in [4.69, 9.17) is 4.98 Å². The Bertz CT molecular complexity index is 2550. The van der Waals surface area contributed by atoms with Crippen LogP contribution < -0.4 is 0 Å². The minimum Gasteiger partial charge on any atom is -0.309 e. The maximum absolute atomic E-state index is 5.02.